The van der Waals surface area contributed by atoms with Crippen LogP contribution in [0.1, 0.15) is 26.3 Å². The average molecular weight is 519 g/mol. The summed E-state index contributed by atoms with van der Waals surface area (Å²) in [7, 11) is -1.19. The number of para-hydroxylation sites is 1. The number of anilines is 3. The molecule has 1 aliphatic heterocycles. The molecule has 0 aliphatic carbocycles. The molecule has 8 nitrogen and oxygen atoms in total. The molecule has 37 heavy (non-hydrogen) atoms. The second kappa shape index (κ2) is 9.79. The largest absolute Gasteiger partial charge is 0.369 e. The maximum Gasteiger partial charge on any atom is 0.229 e. The third-order valence-electron chi connectivity index (χ3n) is 6.95. The van der Waals surface area contributed by atoms with E-state index in [-0.39, 0.29) is 5.75 Å². The highest BCUT2D eigenvalue weighted by Gasteiger charge is 2.30. The molecular weight excluding hydrogens is 484 g/mol. The lowest BCUT2D eigenvalue weighted by atomic mass is 10.2. The van der Waals surface area contributed by atoms with Crippen molar-refractivity contribution in [2.75, 3.05) is 43.4 Å². The van der Waals surface area contributed by atoms with Crippen molar-refractivity contribution in [2.24, 2.45) is 0 Å². The smallest absolute Gasteiger partial charge is 0.229 e. The number of hydrogen-bond acceptors (Lipinski definition) is 7. The lowest BCUT2D eigenvalue weighted by Crippen LogP contribution is -2.44. The highest BCUT2D eigenvalue weighted by atomic mass is 32.2. The molecular formula is C28H34N6O2S. The van der Waals surface area contributed by atoms with Gasteiger partial charge < -0.3 is 19.7 Å². The first kappa shape index (κ1) is 25.2. The van der Waals surface area contributed by atoms with Crippen LogP contribution in [-0.2, 0) is 15.6 Å². The fourth-order valence-electron chi connectivity index (χ4n) is 4.41. The standard InChI is InChI=1S/C28H34N6O2S/c1-28(2,3)37(35,36)20-22-7-5-6-8-25(22)34-14-13-21-19-29-27(31-26(21)34)30-23-9-11-24(12-10-23)33-17-15-32(4)16-18-33/h5-14,19H,15-18,20H2,1-4H3,(H,29,30,31). The third kappa shape index (κ3) is 5.33. The fraction of sp³-hybridized carbons (Fsp3) is 0.357. The number of rotatable bonds is 6. The van der Waals surface area contributed by atoms with Crippen LogP contribution in [0.15, 0.2) is 67.0 Å². The number of sulfone groups is 1. The van der Waals surface area contributed by atoms with Gasteiger partial charge in [-0.1, -0.05) is 18.2 Å². The first-order valence-corrected chi connectivity index (χ1v) is 14.2. The second-order valence-electron chi connectivity index (χ2n) is 10.6. The van der Waals surface area contributed by atoms with Gasteiger partial charge in [0.25, 0.3) is 0 Å². The Morgan fingerprint density at radius 3 is 2.35 bits per heavy atom. The number of fused-ring (bicyclic) bond motifs is 1. The molecule has 1 aliphatic rings. The van der Waals surface area contributed by atoms with Gasteiger partial charge in [-0.3, -0.25) is 0 Å². The van der Waals surface area contributed by atoms with Gasteiger partial charge >= 0.3 is 0 Å². The van der Waals surface area contributed by atoms with Crippen molar-refractivity contribution in [3.8, 4) is 5.69 Å². The zero-order valence-electron chi connectivity index (χ0n) is 21.8. The highest BCUT2D eigenvalue weighted by molar-refractivity contribution is 7.91. The van der Waals surface area contributed by atoms with Crippen LogP contribution >= 0.6 is 0 Å². The predicted molar refractivity (Wildman–Crippen MR) is 151 cm³/mol. The molecule has 194 valence electrons. The van der Waals surface area contributed by atoms with E-state index in [2.05, 4.69) is 39.3 Å². The van der Waals surface area contributed by atoms with Crippen molar-refractivity contribution < 1.29 is 8.42 Å². The molecule has 1 fully saturated rings. The molecule has 1 N–H and O–H groups in total. The van der Waals surface area contributed by atoms with Crippen molar-refractivity contribution >= 4 is 38.2 Å². The van der Waals surface area contributed by atoms with Gasteiger partial charge in [-0.05, 0) is 69.8 Å². The van der Waals surface area contributed by atoms with Crippen molar-refractivity contribution in [1.82, 2.24) is 19.4 Å². The minimum atomic E-state index is -3.35. The Bertz CT molecular complexity index is 1500. The molecule has 1 saturated heterocycles. The zero-order chi connectivity index (χ0) is 26.2. The lowest BCUT2D eigenvalue weighted by Gasteiger charge is -2.34. The Hall–Kier alpha value is -3.43. The van der Waals surface area contributed by atoms with Crippen molar-refractivity contribution in [2.45, 2.75) is 31.3 Å². The summed E-state index contributed by atoms with van der Waals surface area (Å²) in [5.74, 6) is 0.446. The lowest BCUT2D eigenvalue weighted by molar-refractivity contribution is 0.313. The van der Waals surface area contributed by atoms with Crippen LogP contribution in [0.5, 0.6) is 0 Å². The first-order chi connectivity index (χ1) is 17.6. The normalized spacial score (nSPS) is 15.3. The van der Waals surface area contributed by atoms with Gasteiger partial charge in [0.15, 0.2) is 9.84 Å². The molecule has 0 spiro atoms. The van der Waals surface area contributed by atoms with E-state index in [1.165, 1.54) is 5.69 Å². The summed E-state index contributed by atoms with van der Waals surface area (Å²) in [6, 6.07) is 17.9. The molecule has 4 aromatic rings. The Labute approximate surface area is 218 Å². The van der Waals surface area contributed by atoms with Gasteiger partial charge in [0, 0.05) is 55.3 Å². The molecule has 3 heterocycles. The van der Waals surface area contributed by atoms with E-state index < -0.39 is 14.6 Å². The summed E-state index contributed by atoms with van der Waals surface area (Å²) in [5.41, 5.74) is 4.37. The van der Waals surface area contributed by atoms with E-state index in [1.807, 2.05) is 53.2 Å². The van der Waals surface area contributed by atoms with Crippen LogP contribution in [0.2, 0.25) is 0 Å². The molecule has 9 heteroatoms. The summed E-state index contributed by atoms with van der Waals surface area (Å²) in [5, 5.41) is 4.20. The number of likely N-dealkylation sites (N-methyl/N-ethyl adjacent to an activating group) is 1. The molecule has 0 atom stereocenters. The van der Waals surface area contributed by atoms with Crippen LogP contribution in [0.25, 0.3) is 16.7 Å². The number of benzene rings is 2. The summed E-state index contributed by atoms with van der Waals surface area (Å²) in [6.07, 6.45) is 3.70. The van der Waals surface area contributed by atoms with Gasteiger partial charge in [0.2, 0.25) is 5.95 Å². The van der Waals surface area contributed by atoms with Crippen molar-refractivity contribution in [1.29, 1.82) is 0 Å². The van der Waals surface area contributed by atoms with E-state index in [4.69, 9.17) is 4.98 Å². The zero-order valence-corrected chi connectivity index (χ0v) is 22.7. The number of nitrogens with zero attached hydrogens (tertiary/aromatic N) is 5. The van der Waals surface area contributed by atoms with E-state index >= 15 is 0 Å². The SMILES string of the molecule is CN1CCN(c2ccc(Nc3ncc4ccn(-c5ccccc5CS(=O)(=O)C(C)(C)C)c4n3)cc2)CC1. The number of hydrogen-bond donors (Lipinski definition) is 1. The monoisotopic (exact) mass is 518 g/mol. The van der Waals surface area contributed by atoms with E-state index in [9.17, 15) is 8.42 Å². The summed E-state index contributed by atoms with van der Waals surface area (Å²) < 4.78 is 27.0. The number of aromatic nitrogens is 3. The fourth-order valence-corrected chi connectivity index (χ4v) is 5.50. The maximum atomic E-state index is 13.0. The van der Waals surface area contributed by atoms with Crippen LogP contribution in [0, 0.1) is 0 Å². The Morgan fingerprint density at radius 1 is 0.946 bits per heavy atom. The molecule has 0 bridgehead atoms. The summed E-state index contributed by atoms with van der Waals surface area (Å²) >= 11 is 0. The van der Waals surface area contributed by atoms with E-state index in [1.54, 1.807) is 27.0 Å². The first-order valence-electron chi connectivity index (χ1n) is 12.6. The molecule has 0 unspecified atom stereocenters. The van der Waals surface area contributed by atoms with Crippen molar-refractivity contribution in [3.63, 3.8) is 0 Å². The van der Waals surface area contributed by atoms with Crippen LogP contribution in [0.3, 0.4) is 0 Å². The van der Waals surface area contributed by atoms with Crippen LogP contribution < -0.4 is 10.2 Å². The Kier molecular flexibility index (Phi) is 6.68. The molecule has 5 rings (SSSR count). The van der Waals surface area contributed by atoms with Crippen molar-refractivity contribution in [3.05, 3.63) is 72.6 Å². The topological polar surface area (TPSA) is 83.4 Å². The van der Waals surface area contributed by atoms with Gasteiger partial charge in [0.05, 0.1) is 16.2 Å². The second-order valence-corrected chi connectivity index (χ2v) is 13.4. The minimum absolute atomic E-state index is 0.0395. The van der Waals surface area contributed by atoms with Gasteiger partial charge in [-0.2, -0.15) is 4.98 Å². The molecule has 2 aromatic heterocycles. The van der Waals surface area contributed by atoms with E-state index in [0.717, 1.165) is 48.5 Å². The quantitative estimate of drug-likeness (QED) is 0.398. The Morgan fingerprint density at radius 2 is 1.65 bits per heavy atom. The minimum Gasteiger partial charge on any atom is -0.369 e. The van der Waals surface area contributed by atoms with Gasteiger partial charge in [0.1, 0.15) is 5.65 Å². The highest BCUT2D eigenvalue weighted by Crippen LogP contribution is 2.28. The molecule has 2 aromatic carbocycles. The average Bonchev–Trinajstić information content (AvgIpc) is 3.28. The molecule has 0 saturated carbocycles. The van der Waals surface area contributed by atoms with Crippen LogP contribution in [0.4, 0.5) is 17.3 Å². The van der Waals surface area contributed by atoms with Gasteiger partial charge in [-0.25, -0.2) is 13.4 Å². The van der Waals surface area contributed by atoms with Crippen LogP contribution in [-0.4, -0.2) is 65.8 Å². The third-order valence-corrected chi connectivity index (χ3v) is 9.51. The molecule has 0 amide bonds. The number of piperazine rings is 1. The number of nitrogens with one attached hydrogen (secondary N) is 1. The van der Waals surface area contributed by atoms with Gasteiger partial charge in [-0.15, -0.1) is 0 Å². The predicted octanol–water partition coefficient (Wildman–Crippen LogP) is 4.63. The summed E-state index contributed by atoms with van der Waals surface area (Å²) in [6.45, 7) is 9.39. The maximum absolute atomic E-state index is 13.0. The molecule has 0 radical (unpaired) electrons. The Balaban J connectivity index is 1.41. The van der Waals surface area contributed by atoms with E-state index in [0.29, 0.717) is 11.6 Å². The summed E-state index contributed by atoms with van der Waals surface area (Å²) in [4.78, 5) is 14.0.